The summed E-state index contributed by atoms with van der Waals surface area (Å²) in [5, 5.41) is 1.83. The van der Waals surface area contributed by atoms with Crippen molar-refractivity contribution in [3.05, 3.63) is 102 Å². The van der Waals surface area contributed by atoms with E-state index in [9.17, 15) is 0 Å². The Labute approximate surface area is 282 Å². The second-order valence-electron chi connectivity index (χ2n) is 13.2. The van der Waals surface area contributed by atoms with Crippen LogP contribution < -0.4 is 4.74 Å². The molecule has 2 aromatic heterocycles. The first-order valence-corrected chi connectivity index (χ1v) is 17.7. The highest BCUT2D eigenvalue weighted by molar-refractivity contribution is 6.30. The maximum atomic E-state index is 6.29. The van der Waals surface area contributed by atoms with Crippen LogP contribution in [0, 0.1) is 0 Å². The number of hydrogen-bond donors (Lipinski definition) is 0. The van der Waals surface area contributed by atoms with Gasteiger partial charge in [-0.2, -0.15) is 0 Å². The molecule has 2 fully saturated rings. The predicted octanol–water partition coefficient (Wildman–Crippen LogP) is 10.6. The fraction of sp³-hybridized carbons (Fsp3) is 0.317. The highest BCUT2D eigenvalue weighted by atomic mass is 35.5. The first-order valence-electron chi connectivity index (χ1n) is 17.3. The Morgan fingerprint density at radius 1 is 0.702 bits per heavy atom. The first-order chi connectivity index (χ1) is 23.2. The number of nitrogens with zero attached hydrogens (tertiary/aromatic N) is 4. The van der Waals surface area contributed by atoms with E-state index in [4.69, 9.17) is 26.3 Å². The van der Waals surface area contributed by atoms with Crippen LogP contribution in [0.3, 0.4) is 0 Å². The van der Waals surface area contributed by atoms with Crippen LogP contribution in [0.4, 0.5) is 0 Å². The van der Waals surface area contributed by atoms with Crippen molar-refractivity contribution in [3.63, 3.8) is 0 Å². The van der Waals surface area contributed by atoms with Crippen LogP contribution in [-0.2, 0) is 0 Å². The second-order valence-corrected chi connectivity index (χ2v) is 13.6. The Hall–Kier alpha value is -4.19. The zero-order chi connectivity index (χ0) is 31.6. The van der Waals surface area contributed by atoms with Gasteiger partial charge in [0.25, 0.3) is 0 Å². The van der Waals surface area contributed by atoms with Gasteiger partial charge in [-0.1, -0.05) is 67.3 Å². The highest BCUT2D eigenvalue weighted by Crippen LogP contribution is 2.38. The molecule has 0 unspecified atom stereocenters. The summed E-state index contributed by atoms with van der Waals surface area (Å²) in [6, 6.07) is 34.4. The molecule has 0 N–H and O–H groups in total. The smallest absolute Gasteiger partial charge is 0.141 e. The minimum Gasteiger partial charge on any atom is -0.494 e. The summed E-state index contributed by atoms with van der Waals surface area (Å²) < 4.78 is 8.80. The van der Waals surface area contributed by atoms with E-state index >= 15 is 0 Å². The van der Waals surface area contributed by atoms with E-state index in [1.54, 1.807) is 0 Å². The Bertz CT molecular complexity index is 2000. The van der Waals surface area contributed by atoms with Gasteiger partial charge in [-0.05, 0) is 117 Å². The lowest BCUT2D eigenvalue weighted by molar-refractivity contribution is 0.263. The SMILES string of the molecule is Clc1ccc(-c2ccc(OCCCN3CCCC3)cc2-c2ccc3cc(-c4nc5ccccc5n4C4CCCCC4)ccc3n2)cc1. The Morgan fingerprint density at radius 2 is 1.51 bits per heavy atom. The third-order valence-electron chi connectivity index (χ3n) is 9.99. The molecular formula is C41H41ClN4O. The summed E-state index contributed by atoms with van der Waals surface area (Å²) in [6.07, 6.45) is 9.98. The van der Waals surface area contributed by atoms with Gasteiger partial charge >= 0.3 is 0 Å². The Kier molecular flexibility index (Phi) is 8.67. The molecule has 0 spiro atoms. The Balaban J connectivity index is 1.13. The Morgan fingerprint density at radius 3 is 2.36 bits per heavy atom. The van der Waals surface area contributed by atoms with Crippen LogP contribution in [0.15, 0.2) is 97.1 Å². The van der Waals surface area contributed by atoms with Gasteiger partial charge in [-0.25, -0.2) is 9.97 Å². The van der Waals surface area contributed by atoms with Gasteiger partial charge in [0.1, 0.15) is 11.6 Å². The van der Waals surface area contributed by atoms with Crippen LogP contribution >= 0.6 is 11.6 Å². The van der Waals surface area contributed by atoms with Gasteiger partial charge in [0.15, 0.2) is 0 Å². The average Bonchev–Trinajstić information content (AvgIpc) is 3.79. The van der Waals surface area contributed by atoms with E-state index in [0.717, 1.165) is 73.9 Å². The monoisotopic (exact) mass is 640 g/mol. The van der Waals surface area contributed by atoms with Crippen molar-refractivity contribution in [2.24, 2.45) is 0 Å². The number of hydrogen-bond acceptors (Lipinski definition) is 4. The largest absolute Gasteiger partial charge is 0.494 e. The van der Waals surface area contributed by atoms with E-state index in [1.807, 2.05) is 12.1 Å². The number of rotatable bonds is 9. The number of imidazole rings is 1. The van der Waals surface area contributed by atoms with Gasteiger partial charge in [0.05, 0.1) is 28.9 Å². The van der Waals surface area contributed by atoms with Gasteiger partial charge in [0.2, 0.25) is 0 Å². The molecule has 5 nitrogen and oxygen atoms in total. The van der Waals surface area contributed by atoms with Gasteiger partial charge in [0, 0.05) is 34.1 Å². The number of para-hydroxylation sites is 2. The van der Waals surface area contributed by atoms with Crippen LogP contribution in [-0.4, -0.2) is 45.7 Å². The highest BCUT2D eigenvalue weighted by Gasteiger charge is 2.22. The minimum absolute atomic E-state index is 0.489. The number of aromatic nitrogens is 3. The fourth-order valence-corrected chi connectivity index (χ4v) is 7.69. The number of pyridine rings is 1. The number of benzene rings is 4. The number of ether oxygens (including phenoxy) is 1. The molecule has 4 aromatic carbocycles. The van der Waals surface area contributed by atoms with Gasteiger partial charge in [-0.15, -0.1) is 0 Å². The van der Waals surface area contributed by atoms with Crippen molar-refractivity contribution in [2.45, 2.75) is 57.4 Å². The normalized spacial score (nSPS) is 15.9. The van der Waals surface area contributed by atoms with Crippen molar-refractivity contribution in [3.8, 4) is 39.5 Å². The maximum absolute atomic E-state index is 6.29. The molecule has 0 radical (unpaired) electrons. The minimum atomic E-state index is 0.489. The predicted molar refractivity (Wildman–Crippen MR) is 194 cm³/mol. The topological polar surface area (TPSA) is 43.2 Å². The summed E-state index contributed by atoms with van der Waals surface area (Å²) in [6.45, 7) is 4.24. The molecule has 8 rings (SSSR count). The van der Waals surface area contributed by atoms with E-state index in [0.29, 0.717) is 12.6 Å². The van der Waals surface area contributed by atoms with Crippen LogP contribution in [0.5, 0.6) is 5.75 Å². The van der Waals surface area contributed by atoms with Gasteiger partial charge in [-0.3, -0.25) is 0 Å². The van der Waals surface area contributed by atoms with Crippen molar-refractivity contribution >= 4 is 33.5 Å². The molecule has 6 aromatic rings. The summed E-state index contributed by atoms with van der Waals surface area (Å²) in [5.41, 5.74) is 8.58. The maximum Gasteiger partial charge on any atom is 0.141 e. The summed E-state index contributed by atoms with van der Waals surface area (Å²) >= 11 is 6.26. The number of fused-ring (bicyclic) bond motifs is 2. The van der Waals surface area contributed by atoms with Crippen LogP contribution in [0.1, 0.15) is 57.4 Å². The summed E-state index contributed by atoms with van der Waals surface area (Å²) in [4.78, 5) is 12.9. The van der Waals surface area contributed by atoms with Crippen LogP contribution in [0.2, 0.25) is 5.02 Å². The number of likely N-dealkylation sites (tertiary alicyclic amines) is 1. The summed E-state index contributed by atoms with van der Waals surface area (Å²) in [7, 11) is 0. The molecule has 47 heavy (non-hydrogen) atoms. The average molecular weight is 641 g/mol. The molecule has 238 valence electrons. The van der Waals surface area contributed by atoms with Gasteiger partial charge < -0.3 is 14.2 Å². The lowest BCUT2D eigenvalue weighted by Gasteiger charge is -2.25. The zero-order valence-corrected chi connectivity index (χ0v) is 27.6. The van der Waals surface area contributed by atoms with Crippen molar-refractivity contribution < 1.29 is 4.74 Å². The molecule has 0 bridgehead atoms. The summed E-state index contributed by atoms with van der Waals surface area (Å²) in [5.74, 6) is 1.93. The molecule has 1 aliphatic heterocycles. The first kappa shape index (κ1) is 30.2. The van der Waals surface area contributed by atoms with Crippen molar-refractivity contribution in [2.75, 3.05) is 26.2 Å². The quantitative estimate of drug-likeness (QED) is 0.147. The number of halogens is 1. The second kappa shape index (κ2) is 13.5. The van der Waals surface area contributed by atoms with E-state index in [-0.39, 0.29) is 0 Å². The standard InChI is InChI=1S/C41H41ClN4O/c42-32-17-13-29(14-18-32)35-20-19-34(47-26-8-25-45-23-6-7-24-45)28-36(35)38-22-15-30-27-31(16-21-37(30)43-38)41-44-39-11-4-5-12-40(39)46(41)33-9-2-1-3-10-33/h4-5,11-22,27-28,33H,1-3,6-10,23-26H2. The molecule has 1 aliphatic carbocycles. The third-order valence-corrected chi connectivity index (χ3v) is 10.2. The van der Waals surface area contributed by atoms with E-state index in [2.05, 4.69) is 94.4 Å². The van der Waals surface area contributed by atoms with E-state index < -0.39 is 0 Å². The molecule has 3 heterocycles. The molecular weight excluding hydrogens is 600 g/mol. The van der Waals surface area contributed by atoms with Crippen LogP contribution in [0.25, 0.3) is 55.7 Å². The molecule has 1 saturated carbocycles. The third kappa shape index (κ3) is 6.39. The van der Waals surface area contributed by atoms with E-state index in [1.165, 1.54) is 63.6 Å². The zero-order valence-electron chi connectivity index (χ0n) is 26.9. The molecule has 2 aliphatic rings. The lowest BCUT2D eigenvalue weighted by Crippen LogP contribution is -2.21. The molecule has 0 atom stereocenters. The lowest BCUT2D eigenvalue weighted by atomic mass is 9.94. The van der Waals surface area contributed by atoms with Crippen molar-refractivity contribution in [1.29, 1.82) is 0 Å². The fourth-order valence-electron chi connectivity index (χ4n) is 7.56. The van der Waals surface area contributed by atoms with Crippen molar-refractivity contribution in [1.82, 2.24) is 19.4 Å². The molecule has 1 saturated heterocycles. The molecule has 0 amide bonds. The molecule has 6 heteroatoms.